The molecule has 6 nitrogen and oxygen atoms in total. The van der Waals surface area contributed by atoms with E-state index in [-0.39, 0.29) is 5.97 Å². The molecule has 0 saturated carbocycles. The molecule has 0 radical (unpaired) electrons. The molecule has 0 saturated heterocycles. The first kappa shape index (κ1) is 20.5. The molecule has 0 fully saturated rings. The van der Waals surface area contributed by atoms with E-state index in [1.54, 1.807) is 13.0 Å². The number of nitrogens with zero attached hydrogens (tertiary/aromatic N) is 1. The van der Waals surface area contributed by atoms with Gasteiger partial charge in [0.05, 0.1) is 18.9 Å². The van der Waals surface area contributed by atoms with E-state index < -0.39 is 0 Å². The molecule has 3 rings (SSSR count). The highest BCUT2D eigenvalue weighted by Crippen LogP contribution is 2.23. The van der Waals surface area contributed by atoms with Gasteiger partial charge in [0, 0.05) is 30.2 Å². The first-order valence-corrected chi connectivity index (χ1v) is 9.75. The lowest BCUT2D eigenvalue weighted by Gasteiger charge is -2.10. The van der Waals surface area contributed by atoms with Crippen LogP contribution in [0.2, 0.25) is 0 Å². The van der Waals surface area contributed by atoms with Crippen molar-refractivity contribution in [2.24, 2.45) is 0 Å². The quantitative estimate of drug-likeness (QED) is 0.429. The van der Waals surface area contributed by atoms with Gasteiger partial charge >= 0.3 is 5.97 Å². The molecular formula is C23H26N2O4. The number of nitrogen functional groups attached to an aromatic ring is 1. The fraction of sp³-hybridized carbons (Fsp3) is 0.304. The number of aryl methyl sites for hydroxylation is 2. The minimum absolute atomic E-state index is 0.218. The van der Waals surface area contributed by atoms with Crippen molar-refractivity contribution in [1.29, 1.82) is 0 Å². The van der Waals surface area contributed by atoms with Crippen LogP contribution in [0, 0.1) is 6.92 Å². The maximum absolute atomic E-state index is 11.5. The Kier molecular flexibility index (Phi) is 6.89. The number of esters is 1. The molecule has 1 aromatic heterocycles. The summed E-state index contributed by atoms with van der Waals surface area (Å²) in [7, 11) is 0. The van der Waals surface area contributed by atoms with Crippen molar-refractivity contribution in [1.82, 2.24) is 4.98 Å². The number of rotatable bonds is 9. The van der Waals surface area contributed by atoms with Crippen LogP contribution in [-0.4, -0.2) is 24.2 Å². The van der Waals surface area contributed by atoms with Crippen molar-refractivity contribution in [2.75, 3.05) is 18.9 Å². The summed E-state index contributed by atoms with van der Waals surface area (Å²) >= 11 is 0. The third kappa shape index (κ3) is 5.60. The zero-order chi connectivity index (χ0) is 20.6. The molecule has 0 unspecified atom stereocenters. The Balaban J connectivity index is 1.54. The average molecular weight is 394 g/mol. The molecule has 0 aliphatic rings. The summed E-state index contributed by atoms with van der Waals surface area (Å²) in [6.45, 7) is 4.55. The minimum Gasteiger partial charge on any atom is -0.493 e. The predicted octanol–water partition coefficient (Wildman–Crippen LogP) is 4.35. The third-order valence-corrected chi connectivity index (χ3v) is 4.54. The third-order valence-electron chi connectivity index (χ3n) is 4.54. The van der Waals surface area contributed by atoms with Crippen LogP contribution in [0.5, 0.6) is 5.75 Å². The molecule has 0 aliphatic heterocycles. The van der Waals surface area contributed by atoms with Crippen molar-refractivity contribution >= 4 is 11.7 Å². The van der Waals surface area contributed by atoms with Crippen LogP contribution >= 0.6 is 0 Å². The summed E-state index contributed by atoms with van der Waals surface area (Å²) in [5.74, 6) is 1.88. The zero-order valence-electron chi connectivity index (χ0n) is 16.8. The summed E-state index contributed by atoms with van der Waals surface area (Å²) < 4.78 is 16.5. The number of hydrogen-bond acceptors (Lipinski definition) is 6. The highest BCUT2D eigenvalue weighted by Gasteiger charge is 2.12. The number of oxazole rings is 1. The van der Waals surface area contributed by atoms with E-state index in [4.69, 9.17) is 19.6 Å². The van der Waals surface area contributed by atoms with E-state index >= 15 is 0 Å². The first-order chi connectivity index (χ1) is 14.1. The molecule has 2 N–H and O–H groups in total. The Morgan fingerprint density at radius 1 is 1.14 bits per heavy atom. The van der Waals surface area contributed by atoms with Crippen LogP contribution in [0.1, 0.15) is 30.4 Å². The van der Waals surface area contributed by atoms with Gasteiger partial charge in [-0.2, -0.15) is 0 Å². The van der Waals surface area contributed by atoms with Gasteiger partial charge in [0.2, 0.25) is 5.89 Å². The van der Waals surface area contributed by atoms with Crippen molar-refractivity contribution in [2.45, 2.75) is 33.1 Å². The van der Waals surface area contributed by atoms with Gasteiger partial charge in [-0.05, 0) is 44.0 Å². The van der Waals surface area contributed by atoms with Crippen LogP contribution < -0.4 is 10.5 Å². The molecule has 0 bridgehead atoms. The lowest BCUT2D eigenvalue weighted by molar-refractivity contribution is -0.143. The van der Waals surface area contributed by atoms with Gasteiger partial charge in [0.25, 0.3) is 0 Å². The lowest BCUT2D eigenvalue weighted by Crippen LogP contribution is -2.07. The van der Waals surface area contributed by atoms with Crippen LogP contribution in [-0.2, 0) is 22.4 Å². The maximum atomic E-state index is 11.5. The number of aromatic nitrogens is 1. The Labute approximate surface area is 170 Å². The van der Waals surface area contributed by atoms with Crippen LogP contribution in [0.4, 0.5) is 5.69 Å². The fourth-order valence-electron chi connectivity index (χ4n) is 2.99. The Bertz CT molecular complexity index is 951. The molecule has 152 valence electrons. The van der Waals surface area contributed by atoms with Crippen molar-refractivity contribution in [3.8, 4) is 17.2 Å². The number of ether oxygens (including phenoxy) is 2. The smallest absolute Gasteiger partial charge is 0.306 e. The van der Waals surface area contributed by atoms with Gasteiger partial charge in [-0.3, -0.25) is 4.79 Å². The van der Waals surface area contributed by atoms with Crippen molar-refractivity contribution in [3.63, 3.8) is 0 Å². The van der Waals surface area contributed by atoms with E-state index in [0.717, 1.165) is 22.6 Å². The van der Waals surface area contributed by atoms with E-state index in [9.17, 15) is 4.79 Å². The monoisotopic (exact) mass is 394 g/mol. The van der Waals surface area contributed by atoms with E-state index in [1.165, 1.54) is 0 Å². The second-order valence-corrected chi connectivity index (χ2v) is 6.65. The standard InChI is InChI=1S/C23H26N2O4/c1-3-27-22(26)12-10-17-9-11-19(15-20(17)24)28-14-13-21-16(2)29-23(25-21)18-7-5-4-6-8-18/h4-9,11,15H,3,10,12-14,24H2,1-2H3. The normalized spacial score (nSPS) is 10.7. The second-order valence-electron chi connectivity index (χ2n) is 6.65. The lowest BCUT2D eigenvalue weighted by atomic mass is 10.1. The zero-order valence-corrected chi connectivity index (χ0v) is 16.8. The number of hydrogen-bond donors (Lipinski definition) is 1. The molecule has 2 aromatic carbocycles. The topological polar surface area (TPSA) is 87.6 Å². The van der Waals surface area contributed by atoms with E-state index in [2.05, 4.69) is 4.98 Å². The SMILES string of the molecule is CCOC(=O)CCc1ccc(OCCc2nc(-c3ccccc3)oc2C)cc1N. The summed E-state index contributed by atoms with van der Waals surface area (Å²) in [5.41, 5.74) is 9.44. The summed E-state index contributed by atoms with van der Waals surface area (Å²) in [6.07, 6.45) is 1.49. The van der Waals surface area contributed by atoms with Gasteiger partial charge < -0.3 is 19.6 Å². The van der Waals surface area contributed by atoms with E-state index in [1.807, 2.05) is 49.4 Å². The van der Waals surface area contributed by atoms with Gasteiger partial charge in [-0.1, -0.05) is 24.3 Å². The molecule has 0 amide bonds. The van der Waals surface area contributed by atoms with Gasteiger partial charge in [-0.15, -0.1) is 0 Å². The van der Waals surface area contributed by atoms with Gasteiger partial charge in [-0.25, -0.2) is 4.98 Å². The number of carbonyl (C=O) groups is 1. The summed E-state index contributed by atoms with van der Waals surface area (Å²) in [4.78, 5) is 16.1. The molecule has 6 heteroatoms. The van der Waals surface area contributed by atoms with Crippen LogP contribution in [0.3, 0.4) is 0 Å². The molecule has 0 atom stereocenters. The minimum atomic E-state index is -0.218. The maximum Gasteiger partial charge on any atom is 0.306 e. The molecule has 0 spiro atoms. The fourth-order valence-corrected chi connectivity index (χ4v) is 2.99. The summed E-state index contributed by atoms with van der Waals surface area (Å²) in [6, 6.07) is 15.3. The summed E-state index contributed by atoms with van der Waals surface area (Å²) in [5, 5.41) is 0. The van der Waals surface area contributed by atoms with Gasteiger partial charge in [0.15, 0.2) is 0 Å². The highest BCUT2D eigenvalue weighted by molar-refractivity contribution is 5.70. The number of carbonyl (C=O) groups excluding carboxylic acids is 1. The highest BCUT2D eigenvalue weighted by atomic mass is 16.5. The van der Waals surface area contributed by atoms with Crippen molar-refractivity contribution in [3.05, 3.63) is 65.5 Å². The van der Waals surface area contributed by atoms with Crippen molar-refractivity contribution < 1.29 is 18.7 Å². The number of benzene rings is 2. The molecule has 0 aliphatic carbocycles. The predicted molar refractivity (Wildman–Crippen MR) is 112 cm³/mol. The Morgan fingerprint density at radius 2 is 1.93 bits per heavy atom. The Morgan fingerprint density at radius 3 is 2.66 bits per heavy atom. The second kappa shape index (κ2) is 9.78. The molecule has 3 aromatic rings. The molecule has 1 heterocycles. The van der Waals surface area contributed by atoms with E-state index in [0.29, 0.717) is 49.8 Å². The first-order valence-electron chi connectivity index (χ1n) is 9.75. The Hall–Kier alpha value is -3.28. The molecular weight excluding hydrogens is 368 g/mol. The average Bonchev–Trinajstić information content (AvgIpc) is 3.09. The molecule has 29 heavy (non-hydrogen) atoms. The van der Waals surface area contributed by atoms with Crippen LogP contribution in [0.15, 0.2) is 52.9 Å². The largest absolute Gasteiger partial charge is 0.493 e. The van der Waals surface area contributed by atoms with Gasteiger partial charge in [0.1, 0.15) is 11.5 Å². The van der Waals surface area contributed by atoms with Crippen LogP contribution in [0.25, 0.3) is 11.5 Å². The number of nitrogens with two attached hydrogens (primary N) is 1. The number of anilines is 1.